The van der Waals surface area contributed by atoms with Gasteiger partial charge in [0, 0.05) is 6.04 Å². The Morgan fingerprint density at radius 1 is 0.737 bits per heavy atom. The van der Waals surface area contributed by atoms with E-state index in [2.05, 4.69) is 39.9 Å². The number of hydrogen-bond donors (Lipinski definition) is 1. The second-order valence-electron chi connectivity index (χ2n) is 6.56. The van der Waals surface area contributed by atoms with Crippen LogP contribution in [0.25, 0.3) is 0 Å². The predicted octanol–water partition coefficient (Wildman–Crippen LogP) is 5.79. The van der Waals surface area contributed by atoms with Crippen LogP contribution in [0.3, 0.4) is 0 Å². The van der Waals surface area contributed by atoms with E-state index in [1.54, 1.807) is 0 Å². The van der Waals surface area contributed by atoms with Gasteiger partial charge in [0.05, 0.1) is 0 Å². The summed E-state index contributed by atoms with van der Waals surface area (Å²) in [4.78, 5) is 0. The second-order valence-corrected chi connectivity index (χ2v) is 6.56. The fourth-order valence-corrected chi connectivity index (χ4v) is 3.00. The first-order valence-electron chi connectivity index (χ1n) is 8.87. The van der Waals surface area contributed by atoms with Crippen molar-refractivity contribution in [2.45, 2.75) is 98.4 Å². The van der Waals surface area contributed by atoms with Gasteiger partial charge in [0.15, 0.2) is 0 Å². The quantitative estimate of drug-likeness (QED) is 0.417. The molecule has 0 heterocycles. The highest BCUT2D eigenvalue weighted by Gasteiger charge is 2.12. The van der Waals surface area contributed by atoms with Gasteiger partial charge < -0.3 is 5.32 Å². The Bertz CT molecular complexity index is 173. The van der Waals surface area contributed by atoms with Crippen LogP contribution in [0.5, 0.6) is 0 Å². The number of unbranched alkanes of at least 4 members (excludes halogenated alkanes) is 2. The van der Waals surface area contributed by atoms with E-state index < -0.39 is 0 Å². The standard InChI is InChI=1S/C18H39N/c1-6-9-10-12-16(4)13-14-17(5)15-18(11-7-2)19-8-3/h16-19H,6-15H2,1-5H3. The molecule has 0 spiro atoms. The van der Waals surface area contributed by atoms with Gasteiger partial charge in [-0.1, -0.05) is 79.6 Å². The Morgan fingerprint density at radius 3 is 2.00 bits per heavy atom. The molecule has 3 unspecified atom stereocenters. The van der Waals surface area contributed by atoms with Gasteiger partial charge in [0.2, 0.25) is 0 Å². The maximum Gasteiger partial charge on any atom is 0.00693 e. The van der Waals surface area contributed by atoms with Crippen LogP contribution in [0.15, 0.2) is 0 Å². The molecule has 0 amide bonds. The van der Waals surface area contributed by atoms with Crippen molar-refractivity contribution in [3.63, 3.8) is 0 Å². The zero-order valence-corrected chi connectivity index (χ0v) is 14.3. The van der Waals surface area contributed by atoms with E-state index in [-0.39, 0.29) is 0 Å². The van der Waals surface area contributed by atoms with E-state index in [1.807, 2.05) is 0 Å². The molecule has 0 radical (unpaired) electrons. The van der Waals surface area contributed by atoms with Crippen LogP contribution in [0, 0.1) is 11.8 Å². The monoisotopic (exact) mass is 269 g/mol. The number of rotatable bonds is 13. The highest BCUT2D eigenvalue weighted by Crippen LogP contribution is 2.21. The third-order valence-electron chi connectivity index (χ3n) is 4.27. The summed E-state index contributed by atoms with van der Waals surface area (Å²) < 4.78 is 0. The van der Waals surface area contributed by atoms with Gasteiger partial charge in [-0.05, 0) is 31.2 Å². The molecule has 0 aromatic rings. The van der Waals surface area contributed by atoms with Crippen molar-refractivity contribution in [2.75, 3.05) is 6.54 Å². The fraction of sp³-hybridized carbons (Fsp3) is 1.00. The van der Waals surface area contributed by atoms with Crippen LogP contribution in [0.2, 0.25) is 0 Å². The molecule has 0 saturated carbocycles. The van der Waals surface area contributed by atoms with E-state index in [4.69, 9.17) is 0 Å². The van der Waals surface area contributed by atoms with Crippen molar-refractivity contribution < 1.29 is 0 Å². The molecule has 0 aromatic carbocycles. The van der Waals surface area contributed by atoms with Crippen molar-refractivity contribution in [3.8, 4) is 0 Å². The maximum atomic E-state index is 3.64. The lowest BCUT2D eigenvalue weighted by Gasteiger charge is -2.22. The van der Waals surface area contributed by atoms with Crippen molar-refractivity contribution in [1.82, 2.24) is 5.32 Å². The average Bonchev–Trinajstić information content (AvgIpc) is 2.37. The zero-order valence-electron chi connectivity index (χ0n) is 14.3. The topological polar surface area (TPSA) is 12.0 Å². The second kappa shape index (κ2) is 13.0. The van der Waals surface area contributed by atoms with Gasteiger partial charge in [0.25, 0.3) is 0 Å². The van der Waals surface area contributed by atoms with Crippen LogP contribution in [0.4, 0.5) is 0 Å². The smallest absolute Gasteiger partial charge is 0.00693 e. The lowest BCUT2D eigenvalue weighted by Crippen LogP contribution is -2.30. The Hall–Kier alpha value is -0.0400. The Balaban J connectivity index is 3.73. The lowest BCUT2D eigenvalue weighted by atomic mass is 9.89. The molecule has 0 bridgehead atoms. The summed E-state index contributed by atoms with van der Waals surface area (Å²) in [5.74, 6) is 1.81. The fourth-order valence-electron chi connectivity index (χ4n) is 3.00. The molecule has 116 valence electrons. The number of hydrogen-bond acceptors (Lipinski definition) is 1. The summed E-state index contributed by atoms with van der Waals surface area (Å²) in [5.41, 5.74) is 0. The summed E-state index contributed by atoms with van der Waals surface area (Å²) in [7, 11) is 0. The van der Waals surface area contributed by atoms with Crippen molar-refractivity contribution in [1.29, 1.82) is 0 Å². The lowest BCUT2D eigenvalue weighted by molar-refractivity contribution is 0.339. The van der Waals surface area contributed by atoms with Crippen molar-refractivity contribution in [2.24, 2.45) is 11.8 Å². The molecule has 19 heavy (non-hydrogen) atoms. The van der Waals surface area contributed by atoms with E-state index in [1.165, 1.54) is 57.8 Å². The van der Waals surface area contributed by atoms with Crippen LogP contribution >= 0.6 is 0 Å². The van der Waals surface area contributed by atoms with Crippen LogP contribution < -0.4 is 5.32 Å². The van der Waals surface area contributed by atoms with Crippen LogP contribution in [-0.2, 0) is 0 Å². The minimum Gasteiger partial charge on any atom is -0.314 e. The Morgan fingerprint density at radius 2 is 1.42 bits per heavy atom. The summed E-state index contributed by atoms with van der Waals surface area (Å²) in [6.07, 6.45) is 12.5. The minimum atomic E-state index is 0.750. The Labute approximate surface area is 122 Å². The van der Waals surface area contributed by atoms with Crippen LogP contribution in [0.1, 0.15) is 92.4 Å². The summed E-state index contributed by atoms with van der Waals surface area (Å²) >= 11 is 0. The molecule has 0 aliphatic rings. The maximum absolute atomic E-state index is 3.64. The van der Waals surface area contributed by atoms with Crippen molar-refractivity contribution in [3.05, 3.63) is 0 Å². The molecule has 3 atom stereocenters. The molecule has 0 rings (SSSR count). The van der Waals surface area contributed by atoms with Crippen LogP contribution in [-0.4, -0.2) is 12.6 Å². The predicted molar refractivity (Wildman–Crippen MR) is 88.7 cm³/mol. The first kappa shape index (κ1) is 19.0. The van der Waals surface area contributed by atoms with E-state index in [0.717, 1.165) is 24.4 Å². The average molecular weight is 270 g/mol. The van der Waals surface area contributed by atoms with Gasteiger partial charge >= 0.3 is 0 Å². The van der Waals surface area contributed by atoms with Gasteiger partial charge in [0.1, 0.15) is 0 Å². The largest absolute Gasteiger partial charge is 0.314 e. The third kappa shape index (κ3) is 11.5. The highest BCUT2D eigenvalue weighted by atomic mass is 14.9. The highest BCUT2D eigenvalue weighted by molar-refractivity contribution is 4.70. The molecular formula is C18H39N. The molecule has 0 aliphatic carbocycles. The molecular weight excluding hydrogens is 230 g/mol. The zero-order chi connectivity index (χ0) is 14.5. The summed E-state index contributed by atoms with van der Waals surface area (Å²) in [5, 5.41) is 3.64. The summed E-state index contributed by atoms with van der Waals surface area (Å²) in [6.45, 7) is 12.8. The SMILES string of the molecule is CCCCCC(C)CCC(C)CC(CCC)NCC. The Kier molecular flexibility index (Phi) is 12.9. The number of nitrogens with one attached hydrogen (secondary N) is 1. The minimum absolute atomic E-state index is 0.750. The van der Waals surface area contributed by atoms with E-state index >= 15 is 0 Å². The molecule has 0 fully saturated rings. The van der Waals surface area contributed by atoms with Gasteiger partial charge in [-0.3, -0.25) is 0 Å². The summed E-state index contributed by atoms with van der Waals surface area (Å²) in [6, 6.07) is 0.750. The first-order chi connectivity index (χ1) is 9.13. The molecule has 1 N–H and O–H groups in total. The van der Waals surface area contributed by atoms with E-state index in [9.17, 15) is 0 Å². The van der Waals surface area contributed by atoms with Gasteiger partial charge in [-0.2, -0.15) is 0 Å². The molecule has 1 heteroatoms. The molecule has 0 aliphatic heterocycles. The third-order valence-corrected chi connectivity index (χ3v) is 4.27. The molecule has 0 saturated heterocycles. The first-order valence-corrected chi connectivity index (χ1v) is 8.87. The normalized spacial score (nSPS) is 16.3. The molecule has 1 nitrogen and oxygen atoms in total. The van der Waals surface area contributed by atoms with E-state index in [0.29, 0.717) is 0 Å². The van der Waals surface area contributed by atoms with Crippen molar-refractivity contribution >= 4 is 0 Å². The molecule has 0 aromatic heterocycles. The van der Waals surface area contributed by atoms with Gasteiger partial charge in [-0.15, -0.1) is 0 Å². The van der Waals surface area contributed by atoms with Gasteiger partial charge in [-0.25, -0.2) is 0 Å².